The Bertz CT molecular complexity index is 597. The van der Waals surface area contributed by atoms with E-state index >= 15 is 0 Å². The molecule has 0 saturated heterocycles. The number of carbonyl (C=O) groups excluding carboxylic acids is 1. The number of carbonyl (C=O) groups is 1. The number of aryl methyl sites for hydroxylation is 1. The van der Waals surface area contributed by atoms with E-state index in [0.717, 1.165) is 11.1 Å². The van der Waals surface area contributed by atoms with Crippen molar-refractivity contribution in [3.8, 4) is 0 Å². The predicted molar refractivity (Wildman–Crippen MR) is 77.9 cm³/mol. The van der Waals surface area contributed by atoms with E-state index in [1.54, 1.807) is 17.3 Å². The maximum Gasteiger partial charge on any atom is 0.237 e. The number of anilines is 2. The highest BCUT2D eigenvalue weighted by Crippen LogP contribution is 2.16. The number of rotatable bonds is 5. The van der Waals surface area contributed by atoms with Crippen molar-refractivity contribution in [2.24, 2.45) is 5.73 Å². The van der Waals surface area contributed by atoms with Crippen LogP contribution in [0.2, 0.25) is 0 Å². The summed E-state index contributed by atoms with van der Waals surface area (Å²) < 4.78 is 0. The quantitative estimate of drug-likeness (QED) is 0.786. The number of benzene rings is 1. The second-order valence-corrected chi connectivity index (χ2v) is 4.58. The number of aromatic nitrogens is 2. The lowest BCUT2D eigenvalue weighted by Crippen LogP contribution is -2.34. The van der Waals surface area contributed by atoms with E-state index in [2.05, 4.69) is 9.97 Å². The first-order valence-electron chi connectivity index (χ1n) is 6.21. The summed E-state index contributed by atoms with van der Waals surface area (Å²) in [6.45, 7) is 2.37. The molecule has 20 heavy (non-hydrogen) atoms. The smallest absolute Gasteiger partial charge is 0.237 e. The molecule has 6 heteroatoms. The fraction of sp³-hybridized carbons (Fsp3) is 0.214. The number of para-hydroxylation sites is 1. The molecule has 0 fully saturated rings. The van der Waals surface area contributed by atoms with Crippen LogP contribution in [0, 0.1) is 6.92 Å². The fourth-order valence-corrected chi connectivity index (χ4v) is 1.82. The zero-order chi connectivity index (χ0) is 14.5. The van der Waals surface area contributed by atoms with E-state index in [-0.39, 0.29) is 6.54 Å². The minimum absolute atomic E-state index is 0.0391. The van der Waals surface area contributed by atoms with Crippen LogP contribution in [0.3, 0.4) is 0 Å². The van der Waals surface area contributed by atoms with E-state index in [9.17, 15) is 4.79 Å². The molecule has 2 aromatic rings. The lowest BCUT2D eigenvalue weighted by molar-refractivity contribution is -0.116. The molecule has 0 aliphatic heterocycles. The average molecular weight is 271 g/mol. The zero-order valence-corrected chi connectivity index (χ0v) is 11.3. The van der Waals surface area contributed by atoms with Gasteiger partial charge in [0.15, 0.2) is 0 Å². The maximum atomic E-state index is 11.2. The first kappa shape index (κ1) is 13.8. The van der Waals surface area contributed by atoms with Crippen LogP contribution in [0.4, 0.5) is 11.6 Å². The SMILES string of the molecule is Cc1cnc(N(CC(N)=O)Cc2ccccc2N)nc1. The molecule has 1 aromatic carbocycles. The van der Waals surface area contributed by atoms with Crippen LogP contribution in [0.15, 0.2) is 36.7 Å². The molecule has 0 aliphatic carbocycles. The summed E-state index contributed by atoms with van der Waals surface area (Å²) in [5.41, 5.74) is 13.7. The summed E-state index contributed by atoms with van der Waals surface area (Å²) in [5.74, 6) is 0.0151. The number of hydrogen-bond donors (Lipinski definition) is 2. The number of nitrogens with two attached hydrogens (primary N) is 2. The molecule has 0 radical (unpaired) electrons. The molecule has 0 atom stereocenters. The van der Waals surface area contributed by atoms with Crippen molar-refractivity contribution in [1.29, 1.82) is 0 Å². The molecule has 0 saturated carbocycles. The van der Waals surface area contributed by atoms with Gasteiger partial charge < -0.3 is 16.4 Å². The van der Waals surface area contributed by atoms with Gasteiger partial charge in [-0.1, -0.05) is 18.2 Å². The Balaban J connectivity index is 2.26. The van der Waals surface area contributed by atoms with Crippen LogP contribution in [-0.4, -0.2) is 22.4 Å². The summed E-state index contributed by atoms with van der Waals surface area (Å²) in [7, 11) is 0. The Hall–Kier alpha value is -2.63. The molecule has 1 amide bonds. The third kappa shape index (κ3) is 3.44. The molecule has 0 spiro atoms. The molecule has 0 bridgehead atoms. The van der Waals surface area contributed by atoms with Crippen molar-refractivity contribution in [2.45, 2.75) is 13.5 Å². The van der Waals surface area contributed by atoms with Crippen molar-refractivity contribution >= 4 is 17.5 Å². The summed E-state index contributed by atoms with van der Waals surface area (Å²) in [4.78, 5) is 21.4. The van der Waals surface area contributed by atoms with Gasteiger partial charge in [-0.25, -0.2) is 9.97 Å². The van der Waals surface area contributed by atoms with Crippen molar-refractivity contribution in [3.63, 3.8) is 0 Å². The van der Waals surface area contributed by atoms with E-state index in [0.29, 0.717) is 18.2 Å². The Labute approximate surface area is 117 Å². The topological polar surface area (TPSA) is 98.1 Å². The molecule has 4 N–H and O–H groups in total. The second-order valence-electron chi connectivity index (χ2n) is 4.58. The van der Waals surface area contributed by atoms with E-state index in [4.69, 9.17) is 11.5 Å². The van der Waals surface area contributed by atoms with Gasteiger partial charge >= 0.3 is 0 Å². The summed E-state index contributed by atoms with van der Waals surface area (Å²) in [5, 5.41) is 0. The van der Waals surface area contributed by atoms with Gasteiger partial charge in [-0.3, -0.25) is 4.79 Å². The average Bonchev–Trinajstić information content (AvgIpc) is 2.41. The Morgan fingerprint density at radius 3 is 2.50 bits per heavy atom. The zero-order valence-electron chi connectivity index (χ0n) is 11.3. The normalized spacial score (nSPS) is 10.2. The van der Waals surface area contributed by atoms with E-state index < -0.39 is 5.91 Å². The number of nitrogens with zero attached hydrogens (tertiary/aromatic N) is 3. The van der Waals surface area contributed by atoms with Crippen molar-refractivity contribution in [1.82, 2.24) is 9.97 Å². The largest absolute Gasteiger partial charge is 0.398 e. The van der Waals surface area contributed by atoms with E-state index in [1.807, 2.05) is 31.2 Å². The van der Waals surface area contributed by atoms with E-state index in [1.165, 1.54) is 0 Å². The summed E-state index contributed by atoms with van der Waals surface area (Å²) in [6.07, 6.45) is 3.40. The summed E-state index contributed by atoms with van der Waals surface area (Å²) in [6, 6.07) is 7.47. The van der Waals surface area contributed by atoms with Gasteiger partial charge in [-0.2, -0.15) is 0 Å². The second kappa shape index (κ2) is 6.01. The monoisotopic (exact) mass is 271 g/mol. The lowest BCUT2D eigenvalue weighted by Gasteiger charge is -2.21. The molecule has 1 heterocycles. The maximum absolute atomic E-state index is 11.2. The number of primary amides is 1. The first-order chi connectivity index (χ1) is 9.56. The van der Waals surface area contributed by atoms with Gasteiger partial charge in [0.2, 0.25) is 11.9 Å². The van der Waals surface area contributed by atoms with Gasteiger partial charge in [-0.15, -0.1) is 0 Å². The van der Waals surface area contributed by atoms with Crippen LogP contribution in [-0.2, 0) is 11.3 Å². The third-order valence-corrected chi connectivity index (χ3v) is 2.81. The van der Waals surface area contributed by atoms with Gasteiger partial charge in [0.25, 0.3) is 0 Å². The number of hydrogen-bond acceptors (Lipinski definition) is 5. The van der Waals surface area contributed by atoms with Crippen LogP contribution in [0.25, 0.3) is 0 Å². The molecule has 1 aromatic heterocycles. The van der Waals surface area contributed by atoms with Crippen LogP contribution >= 0.6 is 0 Å². The lowest BCUT2D eigenvalue weighted by atomic mass is 10.1. The molecule has 0 aliphatic rings. The Morgan fingerprint density at radius 2 is 1.90 bits per heavy atom. The number of amides is 1. The minimum atomic E-state index is -0.441. The molecular weight excluding hydrogens is 254 g/mol. The van der Waals surface area contributed by atoms with Crippen LogP contribution in [0.1, 0.15) is 11.1 Å². The van der Waals surface area contributed by atoms with Crippen molar-refractivity contribution < 1.29 is 4.79 Å². The standard InChI is InChI=1S/C14H17N5O/c1-10-6-17-14(18-7-10)19(9-13(16)20)8-11-4-2-3-5-12(11)15/h2-7H,8-9,15H2,1H3,(H2,16,20). The molecular formula is C14H17N5O. The molecule has 6 nitrogen and oxygen atoms in total. The molecule has 0 unspecified atom stereocenters. The third-order valence-electron chi connectivity index (χ3n) is 2.81. The van der Waals surface area contributed by atoms with Gasteiger partial charge in [0, 0.05) is 24.6 Å². The summed E-state index contributed by atoms with van der Waals surface area (Å²) >= 11 is 0. The molecule has 2 rings (SSSR count). The van der Waals surface area contributed by atoms with Crippen molar-refractivity contribution in [3.05, 3.63) is 47.8 Å². The first-order valence-corrected chi connectivity index (χ1v) is 6.21. The highest BCUT2D eigenvalue weighted by atomic mass is 16.1. The number of nitrogen functional groups attached to an aromatic ring is 1. The van der Waals surface area contributed by atoms with Gasteiger partial charge in [0.1, 0.15) is 0 Å². The predicted octanol–water partition coefficient (Wildman–Crippen LogP) is 0.859. The van der Waals surface area contributed by atoms with Gasteiger partial charge in [0.05, 0.1) is 6.54 Å². The van der Waals surface area contributed by atoms with Crippen LogP contribution in [0.5, 0.6) is 0 Å². The Morgan fingerprint density at radius 1 is 1.25 bits per heavy atom. The molecule has 104 valence electrons. The van der Waals surface area contributed by atoms with Gasteiger partial charge in [-0.05, 0) is 24.1 Å². The van der Waals surface area contributed by atoms with Crippen molar-refractivity contribution in [2.75, 3.05) is 17.2 Å². The minimum Gasteiger partial charge on any atom is -0.398 e. The fourth-order valence-electron chi connectivity index (χ4n) is 1.82. The Kier molecular flexibility index (Phi) is 4.14. The highest BCUT2D eigenvalue weighted by Gasteiger charge is 2.14. The van der Waals surface area contributed by atoms with Crippen LogP contribution < -0.4 is 16.4 Å². The highest BCUT2D eigenvalue weighted by molar-refractivity contribution is 5.78.